The summed E-state index contributed by atoms with van der Waals surface area (Å²) >= 11 is 5.98. The molecular formula is C15H22ClNO3S. The molecule has 0 aromatic heterocycles. The van der Waals surface area contributed by atoms with Gasteiger partial charge in [-0.25, -0.2) is 13.1 Å². The van der Waals surface area contributed by atoms with E-state index in [4.69, 9.17) is 16.7 Å². The van der Waals surface area contributed by atoms with Gasteiger partial charge in [0, 0.05) is 11.1 Å². The molecule has 1 saturated carbocycles. The lowest BCUT2D eigenvalue weighted by Crippen LogP contribution is -2.41. The Kier molecular flexibility index (Phi) is 5.66. The van der Waals surface area contributed by atoms with Gasteiger partial charge in [-0.1, -0.05) is 43.9 Å². The van der Waals surface area contributed by atoms with Crippen LogP contribution in [0.2, 0.25) is 5.02 Å². The van der Waals surface area contributed by atoms with Gasteiger partial charge in [0.15, 0.2) is 0 Å². The van der Waals surface area contributed by atoms with E-state index in [0.717, 1.165) is 25.7 Å². The summed E-state index contributed by atoms with van der Waals surface area (Å²) in [6.45, 7) is 1.90. The van der Waals surface area contributed by atoms with E-state index in [2.05, 4.69) is 11.6 Å². The van der Waals surface area contributed by atoms with Crippen LogP contribution < -0.4 is 4.72 Å². The van der Waals surface area contributed by atoms with Crippen molar-refractivity contribution >= 4 is 21.6 Å². The molecule has 1 aliphatic carbocycles. The molecule has 118 valence electrons. The summed E-state index contributed by atoms with van der Waals surface area (Å²) in [5, 5.41) is 9.36. The van der Waals surface area contributed by atoms with Crippen molar-refractivity contribution in [2.45, 2.75) is 56.6 Å². The molecule has 0 radical (unpaired) electrons. The number of halogens is 1. The molecule has 1 aromatic carbocycles. The highest BCUT2D eigenvalue weighted by molar-refractivity contribution is 7.89. The van der Waals surface area contributed by atoms with Crippen LogP contribution in [0, 0.1) is 5.92 Å². The largest absolute Gasteiger partial charge is 0.392 e. The van der Waals surface area contributed by atoms with Crippen molar-refractivity contribution in [2.24, 2.45) is 5.92 Å². The Hall–Kier alpha value is -0.620. The zero-order valence-electron chi connectivity index (χ0n) is 12.2. The van der Waals surface area contributed by atoms with Crippen molar-refractivity contribution in [3.05, 3.63) is 28.8 Å². The minimum atomic E-state index is -3.57. The minimum absolute atomic E-state index is 0.00467. The lowest BCUT2D eigenvalue weighted by Gasteiger charge is -2.31. The summed E-state index contributed by atoms with van der Waals surface area (Å²) in [6.07, 6.45) is 5.19. The van der Waals surface area contributed by atoms with E-state index < -0.39 is 10.0 Å². The number of nitrogens with one attached hydrogen (secondary N) is 1. The van der Waals surface area contributed by atoms with Crippen molar-refractivity contribution in [3.8, 4) is 0 Å². The summed E-state index contributed by atoms with van der Waals surface area (Å²) in [6, 6.07) is 4.45. The monoisotopic (exact) mass is 331 g/mol. The van der Waals surface area contributed by atoms with E-state index in [1.165, 1.54) is 18.6 Å². The highest BCUT2D eigenvalue weighted by Gasteiger charge is 2.28. The second-order valence-electron chi connectivity index (χ2n) is 5.59. The molecule has 1 fully saturated rings. The maximum absolute atomic E-state index is 12.5. The van der Waals surface area contributed by atoms with Gasteiger partial charge in [0.1, 0.15) is 0 Å². The molecule has 21 heavy (non-hydrogen) atoms. The van der Waals surface area contributed by atoms with Crippen molar-refractivity contribution in [2.75, 3.05) is 0 Å². The molecular weight excluding hydrogens is 310 g/mol. The van der Waals surface area contributed by atoms with Crippen LogP contribution in [-0.2, 0) is 16.6 Å². The Bertz CT molecular complexity index is 589. The summed E-state index contributed by atoms with van der Waals surface area (Å²) in [5.41, 5.74) is 0.528. The van der Waals surface area contributed by atoms with Crippen LogP contribution in [0.4, 0.5) is 0 Å². The maximum Gasteiger partial charge on any atom is 0.240 e. The highest BCUT2D eigenvalue weighted by Crippen LogP contribution is 2.28. The number of sulfonamides is 1. The van der Waals surface area contributed by atoms with Gasteiger partial charge < -0.3 is 5.11 Å². The SMILES string of the molecule is CCC1CCCCC1NS(=O)(=O)c1ccc(CO)c(Cl)c1. The van der Waals surface area contributed by atoms with E-state index in [-0.39, 0.29) is 22.6 Å². The molecule has 2 atom stereocenters. The second-order valence-corrected chi connectivity index (χ2v) is 7.71. The van der Waals surface area contributed by atoms with E-state index in [1.807, 2.05) is 0 Å². The normalized spacial score (nSPS) is 23.2. The van der Waals surface area contributed by atoms with Gasteiger partial charge in [-0.2, -0.15) is 0 Å². The summed E-state index contributed by atoms with van der Waals surface area (Å²) in [4.78, 5) is 0.158. The first-order chi connectivity index (χ1) is 9.97. The van der Waals surface area contributed by atoms with Gasteiger partial charge >= 0.3 is 0 Å². The Labute approximate surface area is 131 Å². The fourth-order valence-electron chi connectivity index (χ4n) is 2.94. The van der Waals surface area contributed by atoms with Crippen LogP contribution >= 0.6 is 11.6 Å². The average molecular weight is 332 g/mol. The molecule has 1 aromatic rings. The van der Waals surface area contributed by atoms with Crippen molar-refractivity contribution in [1.29, 1.82) is 0 Å². The molecule has 6 heteroatoms. The highest BCUT2D eigenvalue weighted by atomic mass is 35.5. The number of hydrogen-bond acceptors (Lipinski definition) is 3. The molecule has 0 spiro atoms. The molecule has 0 saturated heterocycles. The third kappa shape index (κ3) is 3.97. The van der Waals surface area contributed by atoms with Crippen molar-refractivity contribution < 1.29 is 13.5 Å². The fourth-order valence-corrected chi connectivity index (χ4v) is 4.61. The molecule has 0 heterocycles. The van der Waals surface area contributed by atoms with Crippen LogP contribution in [0.15, 0.2) is 23.1 Å². The molecule has 2 rings (SSSR count). The third-order valence-corrected chi connectivity index (χ3v) is 6.08. The van der Waals surface area contributed by atoms with Crippen molar-refractivity contribution in [1.82, 2.24) is 4.72 Å². The third-order valence-electron chi connectivity index (χ3n) is 4.25. The smallest absolute Gasteiger partial charge is 0.240 e. The molecule has 2 N–H and O–H groups in total. The van der Waals surface area contributed by atoms with Crippen LogP contribution in [0.5, 0.6) is 0 Å². The topological polar surface area (TPSA) is 66.4 Å². The van der Waals surface area contributed by atoms with Gasteiger partial charge in [0.2, 0.25) is 10.0 Å². The molecule has 2 unspecified atom stereocenters. The quantitative estimate of drug-likeness (QED) is 0.871. The van der Waals surface area contributed by atoms with Crippen molar-refractivity contribution in [3.63, 3.8) is 0 Å². The molecule has 0 aliphatic heterocycles. The van der Waals surface area contributed by atoms with Crippen LogP contribution in [-0.4, -0.2) is 19.6 Å². The van der Waals surface area contributed by atoms with E-state index >= 15 is 0 Å². The number of aliphatic hydroxyl groups is 1. The molecule has 4 nitrogen and oxygen atoms in total. The number of rotatable bonds is 5. The van der Waals surface area contributed by atoms with Gasteiger partial charge in [-0.3, -0.25) is 0 Å². The van der Waals surface area contributed by atoms with E-state index in [0.29, 0.717) is 11.5 Å². The Morgan fingerprint density at radius 3 is 2.67 bits per heavy atom. The zero-order chi connectivity index (χ0) is 15.5. The van der Waals surface area contributed by atoms with Gasteiger partial charge in [0.05, 0.1) is 11.5 Å². The fraction of sp³-hybridized carbons (Fsp3) is 0.600. The first-order valence-electron chi connectivity index (χ1n) is 7.39. The lowest BCUT2D eigenvalue weighted by molar-refractivity contribution is 0.281. The Morgan fingerprint density at radius 1 is 1.33 bits per heavy atom. The molecule has 1 aliphatic rings. The van der Waals surface area contributed by atoms with Gasteiger partial charge in [-0.05, 0) is 36.5 Å². The van der Waals surface area contributed by atoms with Crippen LogP contribution in [0.1, 0.15) is 44.6 Å². The zero-order valence-corrected chi connectivity index (χ0v) is 13.8. The number of aliphatic hydroxyl groups excluding tert-OH is 1. The predicted octanol–water partition coefficient (Wildman–Crippen LogP) is 3.08. The van der Waals surface area contributed by atoms with Crippen LogP contribution in [0.3, 0.4) is 0 Å². The van der Waals surface area contributed by atoms with Gasteiger partial charge in [-0.15, -0.1) is 0 Å². The van der Waals surface area contributed by atoms with E-state index in [9.17, 15) is 8.42 Å². The minimum Gasteiger partial charge on any atom is -0.392 e. The lowest BCUT2D eigenvalue weighted by atomic mass is 9.83. The second kappa shape index (κ2) is 7.09. The summed E-state index contributed by atoms with van der Waals surface area (Å²) in [5.74, 6) is 0.403. The molecule has 0 amide bonds. The van der Waals surface area contributed by atoms with E-state index in [1.54, 1.807) is 6.07 Å². The maximum atomic E-state index is 12.5. The predicted molar refractivity (Wildman–Crippen MR) is 83.7 cm³/mol. The first-order valence-corrected chi connectivity index (χ1v) is 9.25. The Balaban J connectivity index is 2.19. The standard InChI is InChI=1S/C15H22ClNO3S/c1-2-11-5-3-4-6-15(11)17-21(19,20)13-8-7-12(10-18)14(16)9-13/h7-9,11,15,17-18H,2-6,10H2,1H3. The number of hydrogen-bond donors (Lipinski definition) is 2. The molecule has 0 bridgehead atoms. The summed E-state index contributed by atoms with van der Waals surface area (Å²) < 4.78 is 27.8. The average Bonchev–Trinajstić information content (AvgIpc) is 2.47. The Morgan fingerprint density at radius 2 is 2.05 bits per heavy atom. The van der Waals surface area contributed by atoms with Crippen LogP contribution in [0.25, 0.3) is 0 Å². The number of benzene rings is 1. The summed E-state index contributed by atoms with van der Waals surface area (Å²) in [7, 11) is -3.57. The van der Waals surface area contributed by atoms with Gasteiger partial charge in [0.25, 0.3) is 0 Å². The first kappa shape index (κ1) is 16.7.